The number of nitrogens with two attached hydrogens (primary N) is 1. The Morgan fingerprint density at radius 3 is 2.93 bits per heavy atom. The summed E-state index contributed by atoms with van der Waals surface area (Å²) in [6.07, 6.45) is 8.84. The van der Waals surface area contributed by atoms with Crippen LogP contribution in [0.3, 0.4) is 0 Å². The third kappa shape index (κ3) is 4.23. The predicted molar refractivity (Wildman–Crippen MR) is 102 cm³/mol. The molecule has 0 heterocycles. The normalized spacial score (nSPS) is 27.2. The Kier molecular flexibility index (Phi) is 6.30. The van der Waals surface area contributed by atoms with Gasteiger partial charge in [0.25, 0.3) is 0 Å². The molecule has 1 saturated carbocycles. The summed E-state index contributed by atoms with van der Waals surface area (Å²) in [5.74, 6) is -0.106. The second-order valence-electron chi connectivity index (χ2n) is 8.32. The number of esters is 1. The first-order valence-electron chi connectivity index (χ1n) is 10.2. The van der Waals surface area contributed by atoms with E-state index in [2.05, 4.69) is 6.92 Å². The van der Waals surface area contributed by atoms with Crippen molar-refractivity contribution in [2.24, 2.45) is 11.7 Å². The zero-order valence-electron chi connectivity index (χ0n) is 16.1. The molecule has 2 aliphatic carbocycles. The standard InChI is InChI=1S/C22H30FNO3/c1-22-10-6-2-4-8-15(21(22)24)12-17-18(22)13-16(14-19(17)23)27-20(26)9-5-3-7-11-25/h11,13-15,21H,2-10,12,24H2,1H3. The number of aldehydes is 1. The van der Waals surface area contributed by atoms with Crippen molar-refractivity contribution < 1.29 is 18.7 Å². The molecule has 1 fully saturated rings. The molecule has 0 aromatic heterocycles. The summed E-state index contributed by atoms with van der Waals surface area (Å²) < 4.78 is 20.3. The number of hydrogen-bond donors (Lipinski definition) is 1. The van der Waals surface area contributed by atoms with E-state index in [1.165, 1.54) is 12.5 Å². The number of rotatable bonds is 6. The summed E-state index contributed by atoms with van der Waals surface area (Å²) in [4.78, 5) is 22.4. The van der Waals surface area contributed by atoms with Crippen LogP contribution in [0.5, 0.6) is 5.75 Å². The van der Waals surface area contributed by atoms with Gasteiger partial charge < -0.3 is 15.3 Å². The average molecular weight is 375 g/mol. The van der Waals surface area contributed by atoms with Gasteiger partial charge in [-0.1, -0.05) is 26.2 Å². The van der Waals surface area contributed by atoms with Crippen LogP contribution in [0.1, 0.15) is 75.8 Å². The van der Waals surface area contributed by atoms with E-state index in [1.807, 2.05) is 6.07 Å². The molecule has 3 rings (SSSR count). The Bertz CT molecular complexity index is 705. The summed E-state index contributed by atoms with van der Waals surface area (Å²) in [5, 5.41) is 0. The molecule has 3 atom stereocenters. The molecule has 1 aromatic rings. The fourth-order valence-electron chi connectivity index (χ4n) is 4.81. The van der Waals surface area contributed by atoms with Crippen molar-refractivity contribution in [3.8, 4) is 5.75 Å². The van der Waals surface area contributed by atoms with Crippen LogP contribution < -0.4 is 10.5 Å². The molecule has 2 bridgehead atoms. The molecular formula is C22H30FNO3. The van der Waals surface area contributed by atoms with Crippen LogP contribution in [0, 0.1) is 11.7 Å². The monoisotopic (exact) mass is 375 g/mol. The number of hydrogen-bond acceptors (Lipinski definition) is 4. The van der Waals surface area contributed by atoms with Crippen molar-refractivity contribution in [1.29, 1.82) is 0 Å². The SMILES string of the molecule is CC12CCCCCC(Cc3c(F)cc(OC(=O)CCCCC=O)cc31)C2N. The molecule has 0 radical (unpaired) electrons. The first-order valence-corrected chi connectivity index (χ1v) is 10.2. The lowest BCUT2D eigenvalue weighted by Gasteiger charge is -2.47. The average Bonchev–Trinajstić information content (AvgIpc) is 2.63. The first kappa shape index (κ1) is 20.0. The van der Waals surface area contributed by atoms with Gasteiger partial charge in [-0.25, -0.2) is 4.39 Å². The van der Waals surface area contributed by atoms with Gasteiger partial charge >= 0.3 is 5.97 Å². The Morgan fingerprint density at radius 2 is 2.15 bits per heavy atom. The third-order valence-corrected chi connectivity index (χ3v) is 6.45. The highest BCUT2D eigenvalue weighted by molar-refractivity contribution is 5.72. The van der Waals surface area contributed by atoms with Gasteiger partial charge in [-0.2, -0.15) is 0 Å². The number of carbonyl (C=O) groups excluding carboxylic acids is 2. The Morgan fingerprint density at radius 1 is 1.33 bits per heavy atom. The van der Waals surface area contributed by atoms with Crippen LogP contribution in [-0.2, 0) is 21.4 Å². The third-order valence-electron chi connectivity index (χ3n) is 6.45. The van der Waals surface area contributed by atoms with E-state index in [-0.39, 0.29) is 35.4 Å². The van der Waals surface area contributed by atoms with Gasteiger partial charge in [0.05, 0.1) is 0 Å². The highest BCUT2D eigenvalue weighted by Gasteiger charge is 2.45. The number of ether oxygens (including phenoxy) is 1. The van der Waals surface area contributed by atoms with Crippen molar-refractivity contribution >= 4 is 12.3 Å². The minimum absolute atomic E-state index is 0.000933. The number of unbranched alkanes of at least 4 members (excludes halogenated alkanes) is 2. The Hall–Kier alpha value is -1.75. The van der Waals surface area contributed by atoms with E-state index in [4.69, 9.17) is 10.5 Å². The number of carbonyl (C=O) groups is 2. The van der Waals surface area contributed by atoms with Crippen LogP contribution in [0.25, 0.3) is 0 Å². The van der Waals surface area contributed by atoms with Crippen molar-refractivity contribution in [3.05, 3.63) is 29.1 Å². The van der Waals surface area contributed by atoms with Gasteiger partial charge in [0.2, 0.25) is 0 Å². The largest absolute Gasteiger partial charge is 0.426 e. The van der Waals surface area contributed by atoms with Gasteiger partial charge in [0, 0.05) is 30.4 Å². The van der Waals surface area contributed by atoms with E-state index >= 15 is 0 Å². The molecule has 0 saturated heterocycles. The Labute approximate surface area is 160 Å². The second kappa shape index (κ2) is 8.51. The lowest BCUT2D eigenvalue weighted by atomic mass is 9.60. The minimum Gasteiger partial charge on any atom is -0.426 e. The minimum atomic E-state index is -0.388. The van der Waals surface area contributed by atoms with Crippen LogP contribution in [0.4, 0.5) is 4.39 Å². The van der Waals surface area contributed by atoms with Crippen molar-refractivity contribution in [3.63, 3.8) is 0 Å². The van der Waals surface area contributed by atoms with Crippen LogP contribution in [0.2, 0.25) is 0 Å². The van der Waals surface area contributed by atoms with Crippen molar-refractivity contribution in [2.75, 3.05) is 0 Å². The van der Waals surface area contributed by atoms with Crippen LogP contribution in [-0.4, -0.2) is 18.3 Å². The van der Waals surface area contributed by atoms with Gasteiger partial charge in [-0.3, -0.25) is 4.79 Å². The van der Waals surface area contributed by atoms with Gasteiger partial charge in [-0.05, 0) is 55.2 Å². The summed E-state index contributed by atoms with van der Waals surface area (Å²) in [6, 6.07) is 3.17. The number of benzene rings is 1. The zero-order chi connectivity index (χ0) is 19.4. The topological polar surface area (TPSA) is 69.4 Å². The number of halogens is 1. The van der Waals surface area contributed by atoms with Crippen molar-refractivity contribution in [1.82, 2.24) is 0 Å². The molecular weight excluding hydrogens is 345 g/mol. The molecule has 1 aromatic carbocycles. The van der Waals surface area contributed by atoms with Gasteiger partial charge in [-0.15, -0.1) is 0 Å². The summed E-state index contributed by atoms with van der Waals surface area (Å²) in [7, 11) is 0. The molecule has 0 aliphatic heterocycles. The highest BCUT2D eigenvalue weighted by atomic mass is 19.1. The maximum absolute atomic E-state index is 14.9. The van der Waals surface area contributed by atoms with Crippen molar-refractivity contribution in [2.45, 2.75) is 82.6 Å². The molecule has 27 heavy (non-hydrogen) atoms. The molecule has 2 aliphatic rings. The second-order valence-corrected chi connectivity index (χ2v) is 8.32. The van der Waals surface area contributed by atoms with E-state index in [1.54, 1.807) is 0 Å². The summed E-state index contributed by atoms with van der Waals surface area (Å²) >= 11 is 0. The van der Waals surface area contributed by atoms with Gasteiger partial charge in [0.1, 0.15) is 17.9 Å². The highest BCUT2D eigenvalue weighted by Crippen LogP contribution is 2.47. The summed E-state index contributed by atoms with van der Waals surface area (Å²) in [6.45, 7) is 2.14. The maximum atomic E-state index is 14.9. The zero-order valence-corrected chi connectivity index (χ0v) is 16.1. The summed E-state index contributed by atoms with van der Waals surface area (Å²) in [5.41, 5.74) is 8.01. The fraction of sp³-hybridized carbons (Fsp3) is 0.636. The molecule has 4 nitrogen and oxygen atoms in total. The van der Waals surface area contributed by atoms with Crippen LogP contribution >= 0.6 is 0 Å². The smallest absolute Gasteiger partial charge is 0.311 e. The molecule has 0 spiro atoms. The van der Waals surface area contributed by atoms with E-state index in [0.29, 0.717) is 31.6 Å². The molecule has 2 N–H and O–H groups in total. The molecule has 148 valence electrons. The fourth-order valence-corrected chi connectivity index (χ4v) is 4.81. The maximum Gasteiger partial charge on any atom is 0.311 e. The van der Waals surface area contributed by atoms with Gasteiger partial charge in [0.15, 0.2) is 0 Å². The lowest BCUT2D eigenvalue weighted by Crippen LogP contribution is -2.53. The molecule has 3 unspecified atom stereocenters. The predicted octanol–water partition coefficient (Wildman–Crippen LogP) is 4.21. The number of fused-ring (bicyclic) bond motifs is 4. The van der Waals surface area contributed by atoms with E-state index in [0.717, 1.165) is 43.1 Å². The van der Waals surface area contributed by atoms with E-state index < -0.39 is 0 Å². The Balaban J connectivity index is 1.83. The van der Waals surface area contributed by atoms with E-state index in [9.17, 15) is 14.0 Å². The molecule has 5 heteroatoms. The first-order chi connectivity index (χ1) is 13.0. The molecule has 0 amide bonds. The quantitative estimate of drug-likeness (QED) is 0.350. The lowest BCUT2D eigenvalue weighted by molar-refractivity contribution is -0.134. The van der Waals surface area contributed by atoms with Crippen LogP contribution in [0.15, 0.2) is 12.1 Å².